The van der Waals surface area contributed by atoms with Crippen LogP contribution in [0.5, 0.6) is 11.5 Å². The largest absolute Gasteiger partial charge is 0.493 e. The predicted octanol–water partition coefficient (Wildman–Crippen LogP) is 4.34. The first-order chi connectivity index (χ1) is 16.1. The summed E-state index contributed by atoms with van der Waals surface area (Å²) in [5, 5.41) is 2.98. The average Bonchev–Trinajstić information content (AvgIpc) is 2.79. The van der Waals surface area contributed by atoms with Crippen LogP contribution in [0.2, 0.25) is 0 Å². The van der Waals surface area contributed by atoms with Crippen LogP contribution in [0.25, 0.3) is 0 Å². The van der Waals surface area contributed by atoms with Crippen molar-refractivity contribution < 1.29 is 27.1 Å². The lowest BCUT2D eigenvalue weighted by Gasteiger charge is -2.29. The van der Waals surface area contributed by atoms with Crippen LogP contribution < -0.4 is 19.5 Å². The molecule has 0 aliphatic heterocycles. The Bertz CT molecular complexity index is 1080. The summed E-state index contributed by atoms with van der Waals surface area (Å²) >= 11 is 0. The minimum atomic E-state index is -3.75. The molecule has 1 fully saturated rings. The van der Waals surface area contributed by atoms with E-state index in [9.17, 15) is 17.6 Å². The molecule has 0 radical (unpaired) electrons. The molecule has 0 saturated heterocycles. The van der Waals surface area contributed by atoms with Gasteiger partial charge in [-0.15, -0.1) is 0 Å². The second kappa shape index (κ2) is 11.2. The lowest BCUT2D eigenvalue weighted by atomic mass is 9.85. The fraction of sp³-hybridized carbons (Fsp3) is 0.480. The molecule has 0 heterocycles. The van der Waals surface area contributed by atoms with E-state index in [2.05, 4.69) is 10.0 Å². The molecule has 1 aliphatic rings. The number of benzene rings is 2. The van der Waals surface area contributed by atoms with Gasteiger partial charge in [0.05, 0.1) is 24.2 Å². The summed E-state index contributed by atoms with van der Waals surface area (Å²) in [5.74, 6) is 0.270. The maximum Gasteiger partial charge on any atom is 0.240 e. The Morgan fingerprint density at radius 3 is 2.24 bits per heavy atom. The summed E-state index contributed by atoms with van der Waals surface area (Å²) in [6.07, 6.45) is 2.22. The molecule has 186 valence electrons. The number of rotatable bonds is 9. The van der Waals surface area contributed by atoms with Crippen LogP contribution in [0, 0.1) is 11.7 Å². The van der Waals surface area contributed by atoms with Gasteiger partial charge in [0.2, 0.25) is 15.9 Å². The molecule has 7 nitrogen and oxygen atoms in total. The van der Waals surface area contributed by atoms with E-state index >= 15 is 0 Å². The first-order valence-corrected chi connectivity index (χ1v) is 13.0. The lowest BCUT2D eigenvalue weighted by Crippen LogP contribution is -2.41. The van der Waals surface area contributed by atoms with Gasteiger partial charge in [-0.1, -0.05) is 12.1 Å². The number of carbonyl (C=O) groups excluding carboxylic acids is 1. The minimum Gasteiger partial charge on any atom is -0.493 e. The maximum absolute atomic E-state index is 13.1. The number of carbonyl (C=O) groups is 1. The number of halogens is 1. The van der Waals surface area contributed by atoms with E-state index in [1.54, 1.807) is 18.2 Å². The standard InChI is InChI=1S/C25H33FN2O5S/c1-16(2)33-23-14-13-22(15-24(23)32-4)34(30,31)28-21-11-7-19(8-12-21)25(29)27-17(3)18-5-9-20(26)10-6-18/h5-6,9-10,13-17,19,21,28H,7-8,11-12H2,1-4H3,(H,27,29)/t17-,19?,21?/m1/s1. The van der Waals surface area contributed by atoms with Gasteiger partial charge in [-0.2, -0.15) is 0 Å². The lowest BCUT2D eigenvalue weighted by molar-refractivity contribution is -0.126. The Kier molecular flexibility index (Phi) is 8.54. The van der Waals surface area contributed by atoms with Gasteiger partial charge in [0.1, 0.15) is 5.82 Å². The number of amides is 1. The molecule has 3 rings (SSSR count). The summed E-state index contributed by atoms with van der Waals surface area (Å²) in [7, 11) is -2.28. The molecule has 0 bridgehead atoms. The number of hydrogen-bond donors (Lipinski definition) is 2. The zero-order valence-corrected chi connectivity index (χ0v) is 20.8. The summed E-state index contributed by atoms with van der Waals surface area (Å²) in [4.78, 5) is 12.8. The highest BCUT2D eigenvalue weighted by atomic mass is 32.2. The van der Waals surface area contributed by atoms with Crippen LogP contribution in [0.3, 0.4) is 0 Å². The second-order valence-corrected chi connectivity index (χ2v) is 10.6. The molecule has 0 spiro atoms. The Labute approximate surface area is 201 Å². The first kappa shape index (κ1) is 26.0. The van der Waals surface area contributed by atoms with Crippen molar-refractivity contribution in [2.24, 2.45) is 5.92 Å². The molecule has 1 amide bonds. The topological polar surface area (TPSA) is 93.7 Å². The van der Waals surface area contributed by atoms with Crippen LogP contribution in [0.1, 0.15) is 58.1 Å². The van der Waals surface area contributed by atoms with Crippen molar-refractivity contribution in [2.75, 3.05) is 7.11 Å². The van der Waals surface area contributed by atoms with Crippen molar-refractivity contribution >= 4 is 15.9 Å². The summed E-state index contributed by atoms with van der Waals surface area (Å²) < 4.78 is 52.7. The Morgan fingerprint density at radius 1 is 1.00 bits per heavy atom. The van der Waals surface area contributed by atoms with E-state index in [1.165, 1.54) is 31.4 Å². The normalized spacial score (nSPS) is 19.5. The highest BCUT2D eigenvalue weighted by Crippen LogP contribution is 2.32. The second-order valence-electron chi connectivity index (χ2n) is 8.93. The zero-order valence-electron chi connectivity index (χ0n) is 20.0. The highest BCUT2D eigenvalue weighted by Gasteiger charge is 2.30. The van der Waals surface area contributed by atoms with Gasteiger partial charge in [-0.25, -0.2) is 17.5 Å². The first-order valence-electron chi connectivity index (χ1n) is 11.5. The molecular weight excluding hydrogens is 459 g/mol. The Hall–Kier alpha value is -2.65. The van der Waals surface area contributed by atoms with E-state index in [4.69, 9.17) is 9.47 Å². The predicted molar refractivity (Wildman–Crippen MR) is 128 cm³/mol. The number of sulfonamides is 1. The van der Waals surface area contributed by atoms with Crippen molar-refractivity contribution in [2.45, 2.75) is 69.5 Å². The molecule has 1 aliphatic carbocycles. The van der Waals surface area contributed by atoms with Gasteiger partial charge in [-0.3, -0.25) is 4.79 Å². The van der Waals surface area contributed by atoms with Gasteiger partial charge in [0.25, 0.3) is 0 Å². The van der Waals surface area contributed by atoms with E-state index in [0.29, 0.717) is 37.2 Å². The van der Waals surface area contributed by atoms with E-state index < -0.39 is 10.0 Å². The van der Waals surface area contributed by atoms with Crippen molar-refractivity contribution in [1.29, 1.82) is 0 Å². The monoisotopic (exact) mass is 492 g/mol. The third-order valence-corrected chi connectivity index (χ3v) is 7.47. The fourth-order valence-corrected chi connectivity index (χ4v) is 5.41. The van der Waals surface area contributed by atoms with Crippen molar-refractivity contribution in [3.63, 3.8) is 0 Å². The van der Waals surface area contributed by atoms with E-state index in [-0.39, 0.29) is 40.7 Å². The molecule has 1 saturated carbocycles. The molecule has 0 unspecified atom stereocenters. The van der Waals surface area contributed by atoms with Crippen molar-refractivity contribution in [3.8, 4) is 11.5 Å². The molecule has 2 N–H and O–H groups in total. The third kappa shape index (κ3) is 6.70. The Morgan fingerprint density at radius 2 is 1.65 bits per heavy atom. The zero-order chi connectivity index (χ0) is 24.9. The Balaban J connectivity index is 1.55. The van der Waals surface area contributed by atoms with Crippen LogP contribution >= 0.6 is 0 Å². The summed E-state index contributed by atoms with van der Waals surface area (Å²) in [6.45, 7) is 5.62. The minimum absolute atomic E-state index is 0.0661. The van der Waals surface area contributed by atoms with E-state index in [0.717, 1.165) is 5.56 Å². The van der Waals surface area contributed by atoms with Crippen LogP contribution in [0.4, 0.5) is 4.39 Å². The van der Waals surface area contributed by atoms with Gasteiger partial charge in [-0.05, 0) is 76.3 Å². The van der Waals surface area contributed by atoms with Crippen molar-refractivity contribution in [3.05, 3.63) is 53.8 Å². The van der Waals surface area contributed by atoms with Gasteiger partial charge >= 0.3 is 0 Å². The molecule has 2 aromatic rings. The third-order valence-electron chi connectivity index (χ3n) is 5.96. The maximum atomic E-state index is 13.1. The molecule has 9 heteroatoms. The van der Waals surface area contributed by atoms with Crippen LogP contribution in [-0.2, 0) is 14.8 Å². The van der Waals surface area contributed by atoms with Gasteiger partial charge < -0.3 is 14.8 Å². The average molecular weight is 493 g/mol. The smallest absolute Gasteiger partial charge is 0.240 e. The summed E-state index contributed by atoms with van der Waals surface area (Å²) in [6, 6.07) is 10.1. The van der Waals surface area contributed by atoms with Crippen LogP contribution in [-0.4, -0.2) is 33.6 Å². The number of ether oxygens (including phenoxy) is 2. The van der Waals surface area contributed by atoms with Crippen LogP contribution in [0.15, 0.2) is 47.4 Å². The number of nitrogens with one attached hydrogen (secondary N) is 2. The molecule has 0 aromatic heterocycles. The van der Waals surface area contributed by atoms with Gasteiger partial charge in [0.15, 0.2) is 11.5 Å². The van der Waals surface area contributed by atoms with Crippen molar-refractivity contribution in [1.82, 2.24) is 10.0 Å². The highest BCUT2D eigenvalue weighted by molar-refractivity contribution is 7.89. The van der Waals surface area contributed by atoms with E-state index in [1.807, 2.05) is 20.8 Å². The molecule has 34 heavy (non-hydrogen) atoms. The number of hydrogen-bond acceptors (Lipinski definition) is 5. The summed E-state index contributed by atoms with van der Waals surface area (Å²) in [5.41, 5.74) is 0.830. The molecular formula is C25H33FN2O5S. The quantitative estimate of drug-likeness (QED) is 0.543. The van der Waals surface area contributed by atoms with Gasteiger partial charge in [0, 0.05) is 18.0 Å². The fourth-order valence-electron chi connectivity index (χ4n) is 4.09. The molecule has 1 atom stereocenters. The SMILES string of the molecule is COc1cc(S(=O)(=O)NC2CCC(C(=O)N[C@H](C)c3ccc(F)cc3)CC2)ccc1OC(C)C. The molecule has 2 aromatic carbocycles. The number of methoxy groups -OCH3 is 1.